The molecule has 0 saturated carbocycles. The third-order valence-electron chi connectivity index (χ3n) is 3.50. The van der Waals surface area contributed by atoms with E-state index >= 15 is 0 Å². The van der Waals surface area contributed by atoms with Crippen LogP contribution in [0.5, 0.6) is 0 Å². The van der Waals surface area contributed by atoms with Crippen molar-refractivity contribution in [3.05, 3.63) is 71.0 Å². The van der Waals surface area contributed by atoms with Crippen molar-refractivity contribution >= 4 is 11.8 Å². The standard InChI is InChI=1S/C18H19FN2O3/c1-21(2)18(24)13-7-5-6-12(10-13)17(23)20-11-16(22)14-8-3-4-9-15(14)19/h3-10,16,22H,11H2,1-2H3,(H,20,23). The lowest BCUT2D eigenvalue weighted by Crippen LogP contribution is -2.29. The van der Waals surface area contributed by atoms with Gasteiger partial charge in [-0.3, -0.25) is 9.59 Å². The van der Waals surface area contributed by atoms with Crippen molar-refractivity contribution in [2.75, 3.05) is 20.6 Å². The molecule has 0 heterocycles. The van der Waals surface area contributed by atoms with Crippen LogP contribution in [0.4, 0.5) is 4.39 Å². The fraction of sp³-hybridized carbons (Fsp3) is 0.222. The minimum absolute atomic E-state index is 0.120. The van der Waals surface area contributed by atoms with E-state index in [2.05, 4.69) is 5.32 Å². The zero-order valence-corrected chi connectivity index (χ0v) is 13.5. The maximum Gasteiger partial charge on any atom is 0.253 e. The average Bonchev–Trinajstić information content (AvgIpc) is 2.59. The Labute approximate surface area is 139 Å². The number of nitrogens with one attached hydrogen (secondary N) is 1. The summed E-state index contributed by atoms with van der Waals surface area (Å²) in [5.41, 5.74) is 0.806. The quantitative estimate of drug-likeness (QED) is 0.881. The zero-order valence-electron chi connectivity index (χ0n) is 13.5. The molecule has 2 rings (SSSR count). The molecule has 0 fully saturated rings. The number of hydrogen-bond donors (Lipinski definition) is 2. The van der Waals surface area contributed by atoms with Gasteiger partial charge in [0.1, 0.15) is 5.82 Å². The Morgan fingerprint density at radius 3 is 2.46 bits per heavy atom. The first kappa shape index (κ1) is 17.6. The predicted molar refractivity (Wildman–Crippen MR) is 88.2 cm³/mol. The first-order chi connectivity index (χ1) is 11.4. The third-order valence-corrected chi connectivity index (χ3v) is 3.50. The number of benzene rings is 2. The van der Waals surface area contributed by atoms with Crippen molar-refractivity contribution in [3.8, 4) is 0 Å². The lowest BCUT2D eigenvalue weighted by Gasteiger charge is -2.14. The Kier molecular flexibility index (Phi) is 5.65. The molecule has 5 nitrogen and oxygen atoms in total. The van der Waals surface area contributed by atoms with Crippen LogP contribution in [0, 0.1) is 5.82 Å². The summed E-state index contributed by atoms with van der Waals surface area (Å²) in [7, 11) is 3.25. The van der Waals surface area contributed by atoms with Gasteiger partial charge in [0.15, 0.2) is 0 Å². The van der Waals surface area contributed by atoms with Crippen LogP contribution in [0.25, 0.3) is 0 Å². The van der Waals surface area contributed by atoms with E-state index in [1.165, 1.54) is 29.2 Å². The SMILES string of the molecule is CN(C)C(=O)c1cccc(C(=O)NCC(O)c2ccccc2F)c1. The van der Waals surface area contributed by atoms with Crippen LogP contribution in [0.2, 0.25) is 0 Å². The molecule has 1 unspecified atom stereocenters. The van der Waals surface area contributed by atoms with Crippen LogP contribution >= 0.6 is 0 Å². The molecule has 0 bridgehead atoms. The molecule has 0 spiro atoms. The Morgan fingerprint density at radius 2 is 1.79 bits per heavy atom. The molecule has 0 aliphatic heterocycles. The van der Waals surface area contributed by atoms with Crippen LogP contribution in [0.1, 0.15) is 32.4 Å². The molecule has 1 atom stereocenters. The highest BCUT2D eigenvalue weighted by molar-refractivity contribution is 5.99. The summed E-state index contributed by atoms with van der Waals surface area (Å²) in [4.78, 5) is 25.5. The van der Waals surface area contributed by atoms with Crippen molar-refractivity contribution in [1.29, 1.82) is 0 Å². The molecule has 0 radical (unpaired) electrons. The maximum absolute atomic E-state index is 13.6. The van der Waals surface area contributed by atoms with E-state index in [9.17, 15) is 19.1 Å². The molecule has 0 aliphatic rings. The Hall–Kier alpha value is -2.73. The van der Waals surface area contributed by atoms with E-state index in [1.54, 1.807) is 38.4 Å². The van der Waals surface area contributed by atoms with E-state index in [0.717, 1.165) is 0 Å². The molecule has 24 heavy (non-hydrogen) atoms. The largest absolute Gasteiger partial charge is 0.386 e. The van der Waals surface area contributed by atoms with Crippen molar-refractivity contribution in [3.63, 3.8) is 0 Å². The molecule has 0 aliphatic carbocycles. The number of hydrogen-bond acceptors (Lipinski definition) is 3. The number of nitrogens with zero attached hydrogens (tertiary/aromatic N) is 1. The second-order valence-corrected chi connectivity index (χ2v) is 5.53. The van der Waals surface area contributed by atoms with Gasteiger partial charge in [0, 0.05) is 37.3 Å². The molecule has 2 amide bonds. The molecule has 126 valence electrons. The highest BCUT2D eigenvalue weighted by Crippen LogP contribution is 2.16. The summed E-state index contributed by atoms with van der Waals surface area (Å²) in [6.07, 6.45) is -1.15. The highest BCUT2D eigenvalue weighted by atomic mass is 19.1. The number of amides is 2. The van der Waals surface area contributed by atoms with Gasteiger partial charge in [0.05, 0.1) is 6.10 Å². The van der Waals surface area contributed by atoms with Gasteiger partial charge in [-0.25, -0.2) is 4.39 Å². The van der Waals surface area contributed by atoms with Gasteiger partial charge in [0.25, 0.3) is 11.8 Å². The Morgan fingerprint density at radius 1 is 1.12 bits per heavy atom. The molecular formula is C18H19FN2O3. The van der Waals surface area contributed by atoms with E-state index < -0.39 is 17.8 Å². The smallest absolute Gasteiger partial charge is 0.253 e. The number of aliphatic hydroxyl groups excluding tert-OH is 1. The monoisotopic (exact) mass is 330 g/mol. The molecule has 2 aromatic carbocycles. The van der Waals surface area contributed by atoms with Gasteiger partial charge >= 0.3 is 0 Å². The van der Waals surface area contributed by atoms with Crippen molar-refractivity contribution in [2.45, 2.75) is 6.10 Å². The summed E-state index contributed by atoms with van der Waals surface area (Å²) in [6, 6.07) is 12.1. The first-order valence-electron chi connectivity index (χ1n) is 7.42. The van der Waals surface area contributed by atoms with Gasteiger partial charge in [-0.1, -0.05) is 24.3 Å². The van der Waals surface area contributed by atoms with E-state index in [1.807, 2.05) is 0 Å². The number of aliphatic hydroxyl groups is 1. The number of carbonyl (C=O) groups is 2. The zero-order chi connectivity index (χ0) is 17.7. The number of carbonyl (C=O) groups excluding carboxylic acids is 2. The van der Waals surface area contributed by atoms with Crippen molar-refractivity contribution in [1.82, 2.24) is 10.2 Å². The minimum atomic E-state index is -1.15. The summed E-state index contributed by atoms with van der Waals surface area (Å²) in [5, 5.41) is 12.5. The summed E-state index contributed by atoms with van der Waals surface area (Å²) in [5.74, 6) is -1.19. The van der Waals surface area contributed by atoms with Crippen molar-refractivity contribution < 1.29 is 19.1 Å². The average molecular weight is 330 g/mol. The van der Waals surface area contributed by atoms with Gasteiger partial charge in [-0.2, -0.15) is 0 Å². The highest BCUT2D eigenvalue weighted by Gasteiger charge is 2.15. The second kappa shape index (κ2) is 7.70. The predicted octanol–water partition coefficient (Wildman–Crippen LogP) is 1.99. The molecule has 2 N–H and O–H groups in total. The fourth-order valence-corrected chi connectivity index (χ4v) is 2.20. The van der Waals surface area contributed by atoms with E-state index in [-0.39, 0.29) is 18.0 Å². The van der Waals surface area contributed by atoms with Crippen molar-refractivity contribution in [2.24, 2.45) is 0 Å². The number of rotatable bonds is 5. The topological polar surface area (TPSA) is 69.6 Å². The molecule has 0 aromatic heterocycles. The minimum Gasteiger partial charge on any atom is -0.386 e. The lowest BCUT2D eigenvalue weighted by atomic mass is 10.1. The van der Waals surface area contributed by atoms with Gasteiger partial charge in [-0.15, -0.1) is 0 Å². The summed E-state index contributed by atoms with van der Waals surface area (Å²) >= 11 is 0. The van der Waals surface area contributed by atoms with Crippen LogP contribution in [-0.4, -0.2) is 42.5 Å². The molecular weight excluding hydrogens is 311 g/mol. The van der Waals surface area contributed by atoms with E-state index in [4.69, 9.17) is 0 Å². The van der Waals surface area contributed by atoms with Crippen LogP contribution in [0.3, 0.4) is 0 Å². The normalized spacial score (nSPS) is 11.7. The molecule has 6 heteroatoms. The van der Waals surface area contributed by atoms with Gasteiger partial charge in [-0.05, 0) is 24.3 Å². The summed E-state index contributed by atoms with van der Waals surface area (Å²) < 4.78 is 13.6. The van der Waals surface area contributed by atoms with E-state index in [0.29, 0.717) is 11.1 Å². The van der Waals surface area contributed by atoms with Crippen LogP contribution < -0.4 is 5.32 Å². The van der Waals surface area contributed by atoms with Gasteiger partial charge in [0.2, 0.25) is 0 Å². The van der Waals surface area contributed by atoms with Gasteiger partial charge < -0.3 is 15.3 Å². The Bertz CT molecular complexity index is 747. The summed E-state index contributed by atoms with van der Waals surface area (Å²) in [6.45, 7) is -0.133. The Balaban J connectivity index is 2.04. The fourth-order valence-electron chi connectivity index (χ4n) is 2.20. The third kappa shape index (κ3) is 4.17. The first-order valence-corrected chi connectivity index (χ1v) is 7.42. The van der Waals surface area contributed by atoms with Crippen LogP contribution in [-0.2, 0) is 0 Å². The molecule has 0 saturated heterocycles. The molecule has 2 aromatic rings. The maximum atomic E-state index is 13.6. The lowest BCUT2D eigenvalue weighted by molar-refractivity contribution is 0.0827. The van der Waals surface area contributed by atoms with Crippen LogP contribution in [0.15, 0.2) is 48.5 Å². The number of halogens is 1. The second-order valence-electron chi connectivity index (χ2n) is 5.53.